The second-order valence-corrected chi connectivity index (χ2v) is 5.02. The van der Waals surface area contributed by atoms with Crippen LogP contribution in [0.25, 0.3) is 22.6 Å². The van der Waals surface area contributed by atoms with E-state index >= 15 is 0 Å². The first-order valence-electron chi connectivity index (χ1n) is 7.09. The third-order valence-corrected chi connectivity index (χ3v) is 3.42. The van der Waals surface area contributed by atoms with Crippen molar-refractivity contribution >= 4 is 5.97 Å². The summed E-state index contributed by atoms with van der Waals surface area (Å²) in [6.07, 6.45) is 1.09. The zero-order valence-electron chi connectivity index (χ0n) is 12.7. The van der Waals surface area contributed by atoms with Crippen LogP contribution in [0.15, 0.2) is 48.7 Å². The van der Waals surface area contributed by atoms with Crippen LogP contribution in [-0.2, 0) is 16.1 Å². The number of carbonyl (C=O) groups is 1. The second-order valence-electron chi connectivity index (χ2n) is 5.02. The van der Waals surface area contributed by atoms with Gasteiger partial charge in [-0.1, -0.05) is 0 Å². The lowest BCUT2D eigenvalue weighted by Gasteiger charge is -2.06. The molecule has 7 heteroatoms. The van der Waals surface area contributed by atoms with Crippen LogP contribution in [0, 0.1) is 11.6 Å². The van der Waals surface area contributed by atoms with E-state index in [1.165, 1.54) is 36.1 Å². The van der Waals surface area contributed by atoms with Gasteiger partial charge in [0.2, 0.25) is 0 Å². The third kappa shape index (κ3) is 3.29. The van der Waals surface area contributed by atoms with Gasteiger partial charge in [0.1, 0.15) is 23.9 Å². The van der Waals surface area contributed by atoms with Crippen LogP contribution in [0.2, 0.25) is 0 Å². The number of aromatic nitrogens is 3. The van der Waals surface area contributed by atoms with Gasteiger partial charge in [0.15, 0.2) is 0 Å². The standard InChI is InChI=1S/C17H13F2N3O2/c1-24-17(23)10-22-16(11-2-4-12(18)5-3-11)8-15(21-22)14-7-6-13(19)9-20-14/h2-9H,10H2,1H3. The molecule has 24 heavy (non-hydrogen) atoms. The van der Waals surface area contributed by atoms with Gasteiger partial charge in [-0.3, -0.25) is 14.5 Å². The number of esters is 1. The van der Waals surface area contributed by atoms with Crippen molar-refractivity contribution in [3.63, 3.8) is 0 Å². The Bertz CT molecular complexity index is 859. The van der Waals surface area contributed by atoms with E-state index in [2.05, 4.69) is 14.8 Å². The largest absolute Gasteiger partial charge is 0.468 e. The molecule has 5 nitrogen and oxygen atoms in total. The van der Waals surface area contributed by atoms with Gasteiger partial charge in [0.05, 0.1) is 24.7 Å². The molecule has 0 saturated heterocycles. The molecular formula is C17H13F2N3O2. The first-order chi connectivity index (χ1) is 11.6. The highest BCUT2D eigenvalue weighted by molar-refractivity contribution is 5.72. The minimum Gasteiger partial charge on any atom is -0.468 e. The summed E-state index contributed by atoms with van der Waals surface area (Å²) in [7, 11) is 1.28. The van der Waals surface area contributed by atoms with E-state index in [4.69, 9.17) is 0 Å². The van der Waals surface area contributed by atoms with Crippen LogP contribution < -0.4 is 0 Å². The van der Waals surface area contributed by atoms with Crippen molar-refractivity contribution in [1.82, 2.24) is 14.8 Å². The minimum atomic E-state index is -0.472. The van der Waals surface area contributed by atoms with Crippen LogP contribution in [0.1, 0.15) is 0 Å². The average Bonchev–Trinajstić information content (AvgIpc) is 3.00. The highest BCUT2D eigenvalue weighted by Crippen LogP contribution is 2.25. The first kappa shape index (κ1) is 15.8. The molecule has 122 valence electrons. The molecular weight excluding hydrogens is 316 g/mol. The molecule has 0 N–H and O–H groups in total. The third-order valence-electron chi connectivity index (χ3n) is 3.42. The molecule has 0 spiro atoms. The van der Waals surface area contributed by atoms with Crippen LogP contribution in [-0.4, -0.2) is 27.8 Å². The molecule has 0 aliphatic rings. The van der Waals surface area contributed by atoms with Crippen molar-refractivity contribution < 1.29 is 18.3 Å². The lowest BCUT2D eigenvalue weighted by Crippen LogP contribution is -2.13. The molecule has 0 saturated carbocycles. The quantitative estimate of drug-likeness (QED) is 0.690. The first-order valence-corrected chi connectivity index (χ1v) is 7.09. The summed E-state index contributed by atoms with van der Waals surface area (Å²) in [6, 6.07) is 10.3. The summed E-state index contributed by atoms with van der Waals surface area (Å²) in [6.45, 7) is -0.107. The fourth-order valence-corrected chi connectivity index (χ4v) is 2.23. The number of carbonyl (C=O) groups excluding carboxylic acids is 1. The zero-order chi connectivity index (χ0) is 17.1. The molecule has 0 amide bonds. The highest BCUT2D eigenvalue weighted by Gasteiger charge is 2.15. The van der Waals surface area contributed by atoms with Gasteiger partial charge in [-0.15, -0.1) is 0 Å². The lowest BCUT2D eigenvalue weighted by atomic mass is 10.1. The molecule has 0 bridgehead atoms. The highest BCUT2D eigenvalue weighted by atomic mass is 19.1. The van der Waals surface area contributed by atoms with Gasteiger partial charge >= 0.3 is 5.97 Å². The van der Waals surface area contributed by atoms with Gasteiger partial charge in [-0.05, 0) is 42.5 Å². The Morgan fingerprint density at radius 2 is 1.79 bits per heavy atom. The van der Waals surface area contributed by atoms with Gasteiger partial charge < -0.3 is 4.74 Å². The maximum atomic E-state index is 13.1. The molecule has 2 heterocycles. The molecule has 1 aromatic carbocycles. The second kappa shape index (κ2) is 6.57. The number of methoxy groups -OCH3 is 1. The normalized spacial score (nSPS) is 10.6. The van der Waals surface area contributed by atoms with Crippen LogP contribution in [0.5, 0.6) is 0 Å². The van der Waals surface area contributed by atoms with Crippen LogP contribution in [0.3, 0.4) is 0 Å². The smallest absolute Gasteiger partial charge is 0.327 e. The zero-order valence-corrected chi connectivity index (χ0v) is 12.7. The van der Waals surface area contributed by atoms with Gasteiger partial charge in [0, 0.05) is 5.56 Å². The number of rotatable bonds is 4. The number of halogens is 2. The van der Waals surface area contributed by atoms with E-state index in [1.807, 2.05) is 0 Å². The summed E-state index contributed by atoms with van der Waals surface area (Å²) in [5, 5.41) is 4.33. The SMILES string of the molecule is COC(=O)Cn1nc(-c2ccc(F)cn2)cc1-c1ccc(F)cc1. The number of hydrogen-bond acceptors (Lipinski definition) is 4. The molecule has 0 fully saturated rings. The summed E-state index contributed by atoms with van der Waals surface area (Å²) in [4.78, 5) is 15.6. The Morgan fingerprint density at radius 3 is 2.42 bits per heavy atom. The summed E-state index contributed by atoms with van der Waals surface area (Å²) in [5.41, 5.74) is 2.21. The Morgan fingerprint density at radius 1 is 1.08 bits per heavy atom. The molecule has 3 aromatic rings. The number of pyridine rings is 1. The number of benzene rings is 1. The van der Waals surface area contributed by atoms with Gasteiger partial charge in [-0.2, -0.15) is 5.10 Å². The van der Waals surface area contributed by atoms with Crippen molar-refractivity contribution in [2.75, 3.05) is 7.11 Å². The monoisotopic (exact) mass is 329 g/mol. The predicted molar refractivity (Wildman–Crippen MR) is 82.8 cm³/mol. The maximum absolute atomic E-state index is 13.1. The molecule has 0 radical (unpaired) electrons. The summed E-state index contributed by atoms with van der Waals surface area (Å²) >= 11 is 0. The van der Waals surface area contributed by atoms with E-state index in [-0.39, 0.29) is 12.4 Å². The number of hydrogen-bond donors (Lipinski definition) is 0. The Labute approximate surface area is 136 Å². The topological polar surface area (TPSA) is 57.0 Å². The Balaban J connectivity index is 2.06. The lowest BCUT2D eigenvalue weighted by molar-refractivity contribution is -0.141. The molecule has 0 unspecified atom stereocenters. The van der Waals surface area contributed by atoms with Crippen molar-refractivity contribution in [3.8, 4) is 22.6 Å². The van der Waals surface area contributed by atoms with Crippen molar-refractivity contribution in [1.29, 1.82) is 0 Å². The van der Waals surface area contributed by atoms with Crippen molar-refractivity contribution in [3.05, 3.63) is 60.3 Å². The molecule has 0 aliphatic carbocycles. The van der Waals surface area contributed by atoms with Crippen molar-refractivity contribution in [2.24, 2.45) is 0 Å². The molecule has 3 rings (SSSR count). The molecule has 0 aliphatic heterocycles. The number of ether oxygens (including phenoxy) is 1. The van der Waals surface area contributed by atoms with E-state index < -0.39 is 11.8 Å². The van der Waals surface area contributed by atoms with E-state index in [1.54, 1.807) is 18.2 Å². The van der Waals surface area contributed by atoms with Crippen molar-refractivity contribution in [2.45, 2.75) is 6.54 Å². The van der Waals surface area contributed by atoms with Crippen LogP contribution in [0.4, 0.5) is 8.78 Å². The number of nitrogens with zero attached hydrogens (tertiary/aromatic N) is 3. The van der Waals surface area contributed by atoms with E-state index in [0.717, 1.165) is 6.20 Å². The van der Waals surface area contributed by atoms with E-state index in [0.29, 0.717) is 22.6 Å². The maximum Gasteiger partial charge on any atom is 0.327 e. The summed E-state index contributed by atoms with van der Waals surface area (Å²) in [5.74, 6) is -1.29. The van der Waals surface area contributed by atoms with Gasteiger partial charge in [0.25, 0.3) is 0 Å². The predicted octanol–water partition coefficient (Wildman–Crippen LogP) is 3.06. The molecule has 2 aromatic heterocycles. The van der Waals surface area contributed by atoms with E-state index in [9.17, 15) is 13.6 Å². The minimum absolute atomic E-state index is 0.107. The van der Waals surface area contributed by atoms with Crippen LogP contribution >= 0.6 is 0 Å². The summed E-state index contributed by atoms with van der Waals surface area (Å²) < 4.78 is 32.3. The average molecular weight is 329 g/mol. The Hall–Kier alpha value is -3.09. The molecule has 0 atom stereocenters. The van der Waals surface area contributed by atoms with Gasteiger partial charge in [-0.25, -0.2) is 8.78 Å². The Kier molecular flexibility index (Phi) is 4.33. The fraction of sp³-hybridized carbons (Fsp3) is 0.118. The fourth-order valence-electron chi connectivity index (χ4n) is 2.23.